The number of amides is 1. The number of carbonyl (C=O) groups is 1. The number of halogens is 2. The van der Waals surface area contributed by atoms with E-state index in [1.165, 1.54) is 6.07 Å². The van der Waals surface area contributed by atoms with E-state index in [1.54, 1.807) is 0 Å². The Balaban J connectivity index is 2.65. The minimum absolute atomic E-state index is 0.102. The van der Waals surface area contributed by atoms with Gasteiger partial charge in [-0.2, -0.15) is 0 Å². The van der Waals surface area contributed by atoms with Crippen molar-refractivity contribution in [2.75, 3.05) is 11.0 Å². The maximum absolute atomic E-state index is 12.6. The largest absolute Gasteiger partial charge is 0.507 e. The summed E-state index contributed by atoms with van der Waals surface area (Å²) in [5, 5.41) is 11.9. The van der Waals surface area contributed by atoms with Crippen LogP contribution in [0.1, 0.15) is 16.8 Å². The smallest absolute Gasteiger partial charge is 0.255 e. The fourth-order valence-electron chi connectivity index (χ4n) is 1.06. The normalized spacial score (nSPS) is 10.0. The molecular formula is C10H11FINO2. The van der Waals surface area contributed by atoms with Gasteiger partial charge in [0.05, 0.1) is 5.56 Å². The lowest BCUT2D eigenvalue weighted by atomic mass is 10.2. The number of phenolic OH excluding ortho intramolecular Hbond substituents is 1. The summed E-state index contributed by atoms with van der Waals surface area (Å²) in [6.45, 7) is 0.554. The molecule has 1 rings (SSSR count). The number of rotatable bonds is 4. The van der Waals surface area contributed by atoms with Gasteiger partial charge in [0.1, 0.15) is 11.6 Å². The first-order chi connectivity index (χ1) is 7.15. The molecular weight excluding hydrogens is 312 g/mol. The van der Waals surface area contributed by atoms with Crippen LogP contribution in [0.3, 0.4) is 0 Å². The standard InChI is InChI=1S/C10H11FINO2/c11-7-2-3-8(9(14)6-7)10(15)13-5-1-4-12/h2-3,6,14H,1,4-5H2,(H,13,15). The van der Waals surface area contributed by atoms with Crippen LogP contribution in [0.25, 0.3) is 0 Å². The molecule has 5 heteroatoms. The third-order valence-corrected chi connectivity index (χ3v) is 2.56. The van der Waals surface area contributed by atoms with Gasteiger partial charge in [-0.1, -0.05) is 22.6 Å². The summed E-state index contributed by atoms with van der Waals surface area (Å²) >= 11 is 2.21. The lowest BCUT2D eigenvalue weighted by molar-refractivity contribution is 0.0951. The van der Waals surface area contributed by atoms with Crippen molar-refractivity contribution in [1.29, 1.82) is 0 Å². The second-order valence-electron chi connectivity index (χ2n) is 2.96. The molecule has 82 valence electrons. The van der Waals surface area contributed by atoms with E-state index in [0.717, 1.165) is 23.0 Å². The van der Waals surface area contributed by atoms with Crippen LogP contribution in [-0.2, 0) is 0 Å². The van der Waals surface area contributed by atoms with E-state index in [9.17, 15) is 14.3 Å². The zero-order valence-electron chi connectivity index (χ0n) is 7.96. The molecule has 15 heavy (non-hydrogen) atoms. The molecule has 0 radical (unpaired) electrons. The Labute approximate surface area is 101 Å². The molecule has 0 aromatic heterocycles. The first-order valence-electron chi connectivity index (χ1n) is 4.48. The molecule has 1 aromatic rings. The molecule has 0 spiro atoms. The van der Waals surface area contributed by atoms with Crippen molar-refractivity contribution in [3.63, 3.8) is 0 Å². The number of nitrogens with one attached hydrogen (secondary N) is 1. The summed E-state index contributed by atoms with van der Waals surface area (Å²) in [7, 11) is 0. The van der Waals surface area contributed by atoms with Crippen LogP contribution in [-0.4, -0.2) is 22.0 Å². The monoisotopic (exact) mass is 323 g/mol. The van der Waals surface area contributed by atoms with Crippen LogP contribution < -0.4 is 5.32 Å². The quantitative estimate of drug-likeness (QED) is 0.506. The van der Waals surface area contributed by atoms with Crippen LogP contribution in [0, 0.1) is 5.82 Å². The number of phenols is 1. The van der Waals surface area contributed by atoms with Gasteiger partial charge in [0.15, 0.2) is 0 Å². The number of hydrogen-bond donors (Lipinski definition) is 2. The van der Waals surface area contributed by atoms with Gasteiger partial charge in [0.2, 0.25) is 0 Å². The van der Waals surface area contributed by atoms with Crippen LogP contribution in [0.15, 0.2) is 18.2 Å². The van der Waals surface area contributed by atoms with Crippen molar-refractivity contribution in [2.45, 2.75) is 6.42 Å². The van der Waals surface area contributed by atoms with E-state index in [0.29, 0.717) is 6.54 Å². The Morgan fingerprint density at radius 3 is 2.87 bits per heavy atom. The third kappa shape index (κ3) is 3.65. The topological polar surface area (TPSA) is 49.3 Å². The van der Waals surface area contributed by atoms with E-state index < -0.39 is 5.82 Å². The highest BCUT2D eigenvalue weighted by Crippen LogP contribution is 2.17. The number of carbonyl (C=O) groups excluding carboxylic acids is 1. The first-order valence-corrected chi connectivity index (χ1v) is 6.00. The molecule has 2 N–H and O–H groups in total. The summed E-state index contributed by atoms with van der Waals surface area (Å²) in [5.41, 5.74) is 0.102. The van der Waals surface area contributed by atoms with Crippen molar-refractivity contribution < 1.29 is 14.3 Å². The van der Waals surface area contributed by atoms with Crippen LogP contribution >= 0.6 is 22.6 Å². The fraction of sp³-hybridized carbons (Fsp3) is 0.300. The van der Waals surface area contributed by atoms with Crippen molar-refractivity contribution in [1.82, 2.24) is 5.32 Å². The predicted octanol–water partition coefficient (Wildman–Crippen LogP) is 2.09. The number of aromatic hydroxyl groups is 1. The highest BCUT2D eigenvalue weighted by atomic mass is 127. The molecule has 3 nitrogen and oxygen atoms in total. The molecule has 0 aliphatic heterocycles. The van der Waals surface area contributed by atoms with Gasteiger partial charge in [-0.3, -0.25) is 4.79 Å². The highest BCUT2D eigenvalue weighted by molar-refractivity contribution is 14.1. The maximum atomic E-state index is 12.6. The van der Waals surface area contributed by atoms with E-state index in [-0.39, 0.29) is 17.2 Å². The maximum Gasteiger partial charge on any atom is 0.255 e. The lowest BCUT2D eigenvalue weighted by Crippen LogP contribution is -2.24. The molecule has 0 bridgehead atoms. The predicted molar refractivity (Wildman–Crippen MR) is 63.9 cm³/mol. The van der Waals surface area contributed by atoms with Gasteiger partial charge in [0.25, 0.3) is 5.91 Å². The van der Waals surface area contributed by atoms with Crippen molar-refractivity contribution >= 4 is 28.5 Å². The van der Waals surface area contributed by atoms with Gasteiger partial charge in [-0.25, -0.2) is 4.39 Å². The van der Waals surface area contributed by atoms with E-state index in [1.807, 2.05) is 0 Å². The SMILES string of the molecule is O=C(NCCCI)c1ccc(F)cc1O. The van der Waals surface area contributed by atoms with Gasteiger partial charge in [-0.15, -0.1) is 0 Å². The summed E-state index contributed by atoms with van der Waals surface area (Å²) in [5.74, 6) is -1.27. The second-order valence-corrected chi connectivity index (χ2v) is 4.04. The average molecular weight is 323 g/mol. The van der Waals surface area contributed by atoms with Crippen LogP contribution in [0.5, 0.6) is 5.75 Å². The molecule has 0 heterocycles. The molecule has 0 aliphatic carbocycles. The van der Waals surface area contributed by atoms with Gasteiger partial charge in [0, 0.05) is 17.0 Å². The van der Waals surface area contributed by atoms with Gasteiger partial charge < -0.3 is 10.4 Å². The molecule has 0 fully saturated rings. The van der Waals surface area contributed by atoms with Gasteiger partial charge in [-0.05, 0) is 18.6 Å². The summed E-state index contributed by atoms with van der Waals surface area (Å²) in [6, 6.07) is 3.34. The zero-order chi connectivity index (χ0) is 11.3. The van der Waals surface area contributed by atoms with Crippen LogP contribution in [0.2, 0.25) is 0 Å². The van der Waals surface area contributed by atoms with E-state index in [4.69, 9.17) is 0 Å². The van der Waals surface area contributed by atoms with Crippen molar-refractivity contribution in [3.05, 3.63) is 29.6 Å². The zero-order valence-corrected chi connectivity index (χ0v) is 10.1. The van der Waals surface area contributed by atoms with Gasteiger partial charge >= 0.3 is 0 Å². The van der Waals surface area contributed by atoms with E-state index >= 15 is 0 Å². The Morgan fingerprint density at radius 2 is 2.27 bits per heavy atom. The molecule has 0 aliphatic rings. The molecule has 0 saturated heterocycles. The summed E-state index contributed by atoms with van der Waals surface area (Å²) < 4.78 is 13.6. The van der Waals surface area contributed by atoms with E-state index in [2.05, 4.69) is 27.9 Å². The molecule has 0 atom stereocenters. The summed E-state index contributed by atoms with van der Waals surface area (Å²) in [4.78, 5) is 11.5. The minimum Gasteiger partial charge on any atom is -0.507 e. The minimum atomic E-state index is -0.559. The number of benzene rings is 1. The Kier molecular flexibility index (Phi) is 4.80. The second kappa shape index (κ2) is 5.89. The molecule has 0 saturated carbocycles. The Morgan fingerprint density at radius 1 is 1.53 bits per heavy atom. The average Bonchev–Trinajstić information content (AvgIpc) is 2.17. The number of alkyl halides is 1. The Bertz CT molecular complexity index is 357. The van der Waals surface area contributed by atoms with Crippen molar-refractivity contribution in [3.8, 4) is 5.75 Å². The molecule has 0 unspecified atom stereocenters. The highest BCUT2D eigenvalue weighted by Gasteiger charge is 2.10. The summed E-state index contributed by atoms with van der Waals surface area (Å²) in [6.07, 6.45) is 0.869. The fourth-order valence-corrected chi connectivity index (χ4v) is 1.44. The molecule has 1 aromatic carbocycles. The third-order valence-electron chi connectivity index (χ3n) is 1.80. The first kappa shape index (κ1) is 12.2. The van der Waals surface area contributed by atoms with Crippen LogP contribution in [0.4, 0.5) is 4.39 Å². The number of hydrogen-bond acceptors (Lipinski definition) is 2. The lowest BCUT2D eigenvalue weighted by Gasteiger charge is -2.05. The Hall–Kier alpha value is -0.850. The molecule has 1 amide bonds. The van der Waals surface area contributed by atoms with Crippen molar-refractivity contribution in [2.24, 2.45) is 0 Å².